The van der Waals surface area contributed by atoms with Crippen molar-refractivity contribution in [2.75, 3.05) is 18.0 Å². The Hall–Kier alpha value is -2.76. The second kappa shape index (κ2) is 6.56. The molecule has 0 radical (unpaired) electrons. The molecule has 0 aromatic heterocycles. The SMILES string of the molecule is O=[N+]([O-])c1ccc(N=Cc2ccc(N3CCCC3)c(F)c2)cc1. The van der Waals surface area contributed by atoms with Crippen LogP contribution in [0.15, 0.2) is 47.5 Å². The highest BCUT2D eigenvalue weighted by Gasteiger charge is 2.15. The predicted octanol–water partition coefficient (Wildman–Crippen LogP) is 4.08. The van der Waals surface area contributed by atoms with Crippen LogP contribution in [0.5, 0.6) is 0 Å². The number of halogens is 1. The first-order valence-corrected chi connectivity index (χ1v) is 7.46. The van der Waals surface area contributed by atoms with Gasteiger partial charge in [0.1, 0.15) is 5.82 Å². The highest BCUT2D eigenvalue weighted by atomic mass is 19.1. The standard InChI is InChI=1S/C17H16FN3O2/c18-16-11-13(3-8-17(16)20-9-1-2-10-20)12-19-14-4-6-15(7-5-14)21(22)23/h3-8,11-12H,1-2,9-10H2. The molecular formula is C17H16FN3O2. The van der Waals surface area contributed by atoms with Gasteiger partial charge in [-0.3, -0.25) is 15.1 Å². The number of hydrogen-bond donors (Lipinski definition) is 0. The van der Waals surface area contributed by atoms with Gasteiger partial charge >= 0.3 is 0 Å². The molecule has 118 valence electrons. The van der Waals surface area contributed by atoms with Gasteiger partial charge in [-0.15, -0.1) is 0 Å². The van der Waals surface area contributed by atoms with Crippen LogP contribution in [0.2, 0.25) is 0 Å². The molecule has 0 aliphatic carbocycles. The summed E-state index contributed by atoms with van der Waals surface area (Å²) in [5.74, 6) is -0.250. The van der Waals surface area contributed by atoms with Crippen molar-refractivity contribution in [3.63, 3.8) is 0 Å². The summed E-state index contributed by atoms with van der Waals surface area (Å²) in [6.45, 7) is 1.79. The van der Waals surface area contributed by atoms with Gasteiger partial charge in [-0.05, 0) is 42.7 Å². The van der Waals surface area contributed by atoms with E-state index in [0.717, 1.165) is 25.9 Å². The Kier molecular flexibility index (Phi) is 4.32. The molecule has 0 spiro atoms. The second-order valence-electron chi connectivity index (χ2n) is 5.44. The van der Waals surface area contributed by atoms with E-state index in [1.807, 2.05) is 11.0 Å². The maximum atomic E-state index is 14.2. The Balaban J connectivity index is 1.74. The molecule has 5 nitrogen and oxygen atoms in total. The molecule has 0 N–H and O–H groups in total. The van der Waals surface area contributed by atoms with Gasteiger partial charge in [0.15, 0.2) is 0 Å². The van der Waals surface area contributed by atoms with E-state index < -0.39 is 4.92 Å². The molecule has 0 amide bonds. The third-order valence-electron chi connectivity index (χ3n) is 3.84. The zero-order valence-electron chi connectivity index (χ0n) is 12.5. The Morgan fingerprint density at radius 2 is 1.83 bits per heavy atom. The number of nitrogens with zero attached hydrogens (tertiary/aromatic N) is 3. The van der Waals surface area contributed by atoms with Crippen molar-refractivity contribution < 1.29 is 9.31 Å². The van der Waals surface area contributed by atoms with Crippen LogP contribution in [0.25, 0.3) is 0 Å². The molecule has 3 rings (SSSR count). The molecule has 1 aliphatic rings. The molecule has 0 unspecified atom stereocenters. The molecule has 0 bridgehead atoms. The Bertz CT molecular complexity index is 738. The first-order valence-electron chi connectivity index (χ1n) is 7.46. The number of nitro groups is 1. The lowest BCUT2D eigenvalue weighted by Crippen LogP contribution is -2.18. The molecule has 6 heteroatoms. The summed E-state index contributed by atoms with van der Waals surface area (Å²) in [5, 5.41) is 10.6. The minimum Gasteiger partial charge on any atom is -0.369 e. The summed E-state index contributed by atoms with van der Waals surface area (Å²) in [6, 6.07) is 11.0. The summed E-state index contributed by atoms with van der Waals surface area (Å²) in [6.07, 6.45) is 3.75. The monoisotopic (exact) mass is 313 g/mol. The van der Waals surface area contributed by atoms with Gasteiger partial charge in [0.05, 0.1) is 16.3 Å². The zero-order valence-corrected chi connectivity index (χ0v) is 12.5. The van der Waals surface area contributed by atoms with Crippen LogP contribution in [0, 0.1) is 15.9 Å². The summed E-state index contributed by atoms with van der Waals surface area (Å²) >= 11 is 0. The Morgan fingerprint density at radius 1 is 1.13 bits per heavy atom. The maximum Gasteiger partial charge on any atom is 0.269 e. The molecule has 1 saturated heterocycles. The highest BCUT2D eigenvalue weighted by molar-refractivity contribution is 5.82. The largest absolute Gasteiger partial charge is 0.369 e. The summed E-state index contributed by atoms with van der Waals surface area (Å²) in [4.78, 5) is 16.4. The number of non-ortho nitro benzene ring substituents is 1. The van der Waals surface area contributed by atoms with E-state index >= 15 is 0 Å². The molecule has 1 fully saturated rings. The lowest BCUT2D eigenvalue weighted by molar-refractivity contribution is -0.384. The smallest absolute Gasteiger partial charge is 0.269 e. The molecular weight excluding hydrogens is 297 g/mol. The first kappa shape index (κ1) is 15.1. The van der Waals surface area contributed by atoms with Crippen LogP contribution in [-0.4, -0.2) is 24.2 Å². The highest BCUT2D eigenvalue weighted by Crippen LogP contribution is 2.24. The van der Waals surface area contributed by atoms with Crippen molar-refractivity contribution in [1.82, 2.24) is 0 Å². The van der Waals surface area contributed by atoms with Crippen molar-refractivity contribution in [3.05, 3.63) is 64.0 Å². The van der Waals surface area contributed by atoms with Crippen molar-refractivity contribution in [2.45, 2.75) is 12.8 Å². The minimum atomic E-state index is -0.458. The van der Waals surface area contributed by atoms with Gasteiger partial charge in [0.2, 0.25) is 0 Å². The van der Waals surface area contributed by atoms with E-state index in [0.29, 0.717) is 16.9 Å². The van der Waals surface area contributed by atoms with Gasteiger partial charge < -0.3 is 4.90 Å². The third kappa shape index (κ3) is 3.53. The Morgan fingerprint density at radius 3 is 2.43 bits per heavy atom. The van der Waals surface area contributed by atoms with E-state index in [4.69, 9.17) is 0 Å². The average Bonchev–Trinajstić information content (AvgIpc) is 3.07. The van der Waals surface area contributed by atoms with Crippen LogP contribution in [0.1, 0.15) is 18.4 Å². The van der Waals surface area contributed by atoms with Crippen LogP contribution >= 0.6 is 0 Å². The summed E-state index contributed by atoms with van der Waals surface area (Å²) < 4.78 is 14.2. The molecule has 2 aromatic rings. The fourth-order valence-electron chi connectivity index (χ4n) is 2.63. The van der Waals surface area contributed by atoms with Gasteiger partial charge in [-0.25, -0.2) is 4.39 Å². The normalized spacial score (nSPS) is 14.6. The third-order valence-corrected chi connectivity index (χ3v) is 3.84. The lowest BCUT2D eigenvalue weighted by atomic mass is 10.2. The summed E-state index contributed by atoms with van der Waals surface area (Å²) in [7, 11) is 0. The van der Waals surface area contributed by atoms with Crippen molar-refractivity contribution >= 4 is 23.3 Å². The number of rotatable bonds is 4. The minimum absolute atomic E-state index is 0.0185. The van der Waals surface area contributed by atoms with Crippen molar-refractivity contribution in [2.24, 2.45) is 4.99 Å². The fourth-order valence-corrected chi connectivity index (χ4v) is 2.63. The maximum absolute atomic E-state index is 14.2. The van der Waals surface area contributed by atoms with Crippen LogP contribution < -0.4 is 4.90 Å². The van der Waals surface area contributed by atoms with Gasteiger partial charge in [-0.2, -0.15) is 0 Å². The molecule has 0 atom stereocenters. The fraction of sp³-hybridized carbons (Fsp3) is 0.235. The van der Waals surface area contributed by atoms with Gasteiger partial charge in [-0.1, -0.05) is 6.07 Å². The second-order valence-corrected chi connectivity index (χ2v) is 5.44. The molecule has 2 aromatic carbocycles. The average molecular weight is 313 g/mol. The predicted molar refractivity (Wildman–Crippen MR) is 88.2 cm³/mol. The topological polar surface area (TPSA) is 58.7 Å². The summed E-state index contributed by atoms with van der Waals surface area (Å²) in [5.41, 5.74) is 1.89. The first-order chi connectivity index (χ1) is 11.1. The number of hydrogen-bond acceptors (Lipinski definition) is 4. The van der Waals surface area contributed by atoms with Gasteiger partial charge in [0, 0.05) is 31.4 Å². The molecule has 23 heavy (non-hydrogen) atoms. The van der Waals surface area contributed by atoms with Crippen molar-refractivity contribution in [1.29, 1.82) is 0 Å². The molecule has 1 heterocycles. The Labute approximate surface area is 133 Å². The van der Waals surface area contributed by atoms with E-state index in [1.165, 1.54) is 18.2 Å². The van der Waals surface area contributed by atoms with Crippen LogP contribution in [0.3, 0.4) is 0 Å². The number of benzene rings is 2. The number of nitro benzene ring substituents is 1. The quantitative estimate of drug-likeness (QED) is 0.485. The molecule has 0 saturated carbocycles. The van der Waals surface area contributed by atoms with E-state index in [9.17, 15) is 14.5 Å². The van der Waals surface area contributed by atoms with E-state index in [-0.39, 0.29) is 11.5 Å². The van der Waals surface area contributed by atoms with E-state index in [1.54, 1.807) is 24.4 Å². The number of anilines is 1. The zero-order chi connectivity index (χ0) is 16.2. The van der Waals surface area contributed by atoms with Crippen molar-refractivity contribution in [3.8, 4) is 0 Å². The number of aliphatic imine (C=N–C) groups is 1. The van der Waals surface area contributed by atoms with E-state index in [2.05, 4.69) is 4.99 Å². The van der Waals surface area contributed by atoms with Crippen LogP contribution in [-0.2, 0) is 0 Å². The van der Waals surface area contributed by atoms with Gasteiger partial charge in [0.25, 0.3) is 5.69 Å². The lowest BCUT2D eigenvalue weighted by Gasteiger charge is -2.18. The molecule has 1 aliphatic heterocycles. The van der Waals surface area contributed by atoms with Crippen LogP contribution in [0.4, 0.5) is 21.5 Å².